The van der Waals surface area contributed by atoms with Crippen LogP contribution >= 0.6 is 11.3 Å². The zero-order chi connectivity index (χ0) is 10.3. The molecule has 1 atom stereocenters. The Morgan fingerprint density at radius 3 is 3.33 bits per heavy atom. The Balaban J connectivity index is 2.02. The van der Waals surface area contributed by atoms with Crippen LogP contribution in [0.4, 0.5) is 0 Å². The zero-order valence-electron chi connectivity index (χ0n) is 8.49. The van der Waals surface area contributed by atoms with E-state index in [1.54, 1.807) is 17.6 Å². The lowest BCUT2D eigenvalue weighted by molar-refractivity contribution is 0.424. The van der Waals surface area contributed by atoms with Crippen molar-refractivity contribution in [3.8, 4) is 0 Å². The number of aromatic nitrogens is 1. The van der Waals surface area contributed by atoms with E-state index in [-0.39, 0.29) is 6.04 Å². The number of nitrogens with one attached hydrogen (secondary N) is 1. The molecular weight excluding hydrogens is 208 g/mol. The number of hydrogen-bond acceptors (Lipinski definition) is 4. The molecule has 78 valence electrons. The molecular formula is C11H12N2OS. The first-order chi connectivity index (χ1) is 7.34. The smallest absolute Gasteiger partial charge is 0.130 e. The molecule has 0 bridgehead atoms. The van der Waals surface area contributed by atoms with Crippen LogP contribution in [0.1, 0.15) is 28.1 Å². The Morgan fingerprint density at radius 2 is 2.53 bits per heavy atom. The van der Waals surface area contributed by atoms with E-state index in [9.17, 15) is 0 Å². The van der Waals surface area contributed by atoms with Crippen LogP contribution in [0.3, 0.4) is 0 Å². The molecule has 0 saturated carbocycles. The predicted octanol–water partition coefficient (Wildman–Crippen LogP) is 2.28. The van der Waals surface area contributed by atoms with Gasteiger partial charge >= 0.3 is 0 Å². The van der Waals surface area contributed by atoms with Crippen LogP contribution < -0.4 is 5.32 Å². The molecule has 1 unspecified atom stereocenters. The molecule has 1 aliphatic heterocycles. The largest absolute Gasteiger partial charge is 0.467 e. The Hall–Kier alpha value is -1.13. The Morgan fingerprint density at radius 1 is 1.60 bits per heavy atom. The van der Waals surface area contributed by atoms with Crippen LogP contribution in [0.25, 0.3) is 0 Å². The molecule has 1 N–H and O–H groups in total. The summed E-state index contributed by atoms with van der Waals surface area (Å²) in [6, 6.07) is 2.21. The van der Waals surface area contributed by atoms with Gasteiger partial charge in [-0.15, -0.1) is 11.3 Å². The summed E-state index contributed by atoms with van der Waals surface area (Å²) in [5.74, 6) is 1.04. The Labute approximate surface area is 92.1 Å². The number of rotatable bonds is 1. The van der Waals surface area contributed by atoms with Gasteiger partial charge in [-0.05, 0) is 25.0 Å². The molecule has 3 heterocycles. The molecule has 15 heavy (non-hydrogen) atoms. The summed E-state index contributed by atoms with van der Waals surface area (Å²) < 4.78 is 5.54. The fraction of sp³-hybridized carbons (Fsp3) is 0.364. The maximum atomic E-state index is 5.54. The van der Waals surface area contributed by atoms with Crippen LogP contribution in [-0.4, -0.2) is 11.5 Å². The summed E-state index contributed by atoms with van der Waals surface area (Å²) in [6.07, 6.45) is 2.82. The van der Waals surface area contributed by atoms with E-state index in [4.69, 9.17) is 4.42 Å². The van der Waals surface area contributed by atoms with Crippen molar-refractivity contribution >= 4 is 11.3 Å². The summed E-state index contributed by atoms with van der Waals surface area (Å²) in [5, 5.41) is 6.62. The van der Waals surface area contributed by atoms with E-state index >= 15 is 0 Å². The van der Waals surface area contributed by atoms with E-state index in [1.165, 1.54) is 5.56 Å². The van der Waals surface area contributed by atoms with Gasteiger partial charge in [0.2, 0.25) is 0 Å². The maximum absolute atomic E-state index is 5.54. The highest BCUT2D eigenvalue weighted by Gasteiger charge is 2.26. The number of hydrogen-bond donors (Lipinski definition) is 1. The van der Waals surface area contributed by atoms with Crippen LogP contribution in [0.5, 0.6) is 0 Å². The van der Waals surface area contributed by atoms with Crippen LogP contribution in [0, 0.1) is 6.92 Å². The van der Waals surface area contributed by atoms with E-state index in [1.807, 2.05) is 6.92 Å². The topological polar surface area (TPSA) is 38.1 Å². The normalized spacial score (nSPS) is 20.2. The average Bonchev–Trinajstić information content (AvgIpc) is 2.84. The summed E-state index contributed by atoms with van der Waals surface area (Å²) in [5.41, 5.74) is 2.39. The second-order valence-electron chi connectivity index (χ2n) is 3.77. The van der Waals surface area contributed by atoms with Crippen molar-refractivity contribution < 1.29 is 4.42 Å². The highest BCUT2D eigenvalue weighted by atomic mass is 32.1. The van der Waals surface area contributed by atoms with Crippen LogP contribution in [0.15, 0.2) is 22.1 Å². The first-order valence-electron chi connectivity index (χ1n) is 5.06. The van der Waals surface area contributed by atoms with Gasteiger partial charge in [-0.25, -0.2) is 4.98 Å². The second-order valence-corrected chi connectivity index (χ2v) is 4.66. The third kappa shape index (κ3) is 1.50. The standard InChI is InChI=1S/C11H12N2OS/c1-7-6-15-11(13-7)9-10-8(2-4-12-9)3-5-14-10/h3,5-6,9,12H,2,4H2,1H3. The van der Waals surface area contributed by atoms with Gasteiger partial charge in [0.25, 0.3) is 0 Å². The molecule has 2 aromatic rings. The summed E-state index contributed by atoms with van der Waals surface area (Å²) in [6.45, 7) is 3.02. The first kappa shape index (κ1) is 9.12. The molecule has 2 aromatic heterocycles. The molecule has 0 spiro atoms. The Kier molecular flexibility index (Phi) is 2.11. The van der Waals surface area contributed by atoms with Crippen LogP contribution in [0.2, 0.25) is 0 Å². The molecule has 0 saturated heterocycles. The maximum Gasteiger partial charge on any atom is 0.130 e. The minimum Gasteiger partial charge on any atom is -0.467 e. The summed E-state index contributed by atoms with van der Waals surface area (Å²) >= 11 is 1.69. The number of thiazole rings is 1. The SMILES string of the molecule is Cc1csc(C2NCCc3ccoc32)n1. The van der Waals surface area contributed by atoms with Gasteiger partial charge in [0.15, 0.2) is 0 Å². The van der Waals surface area contributed by atoms with Crippen molar-refractivity contribution in [2.45, 2.75) is 19.4 Å². The average molecular weight is 220 g/mol. The van der Waals surface area contributed by atoms with Gasteiger partial charge in [0.1, 0.15) is 16.8 Å². The van der Waals surface area contributed by atoms with E-state index < -0.39 is 0 Å². The minimum absolute atomic E-state index is 0.155. The molecule has 0 radical (unpaired) electrons. The third-order valence-corrected chi connectivity index (χ3v) is 3.70. The molecule has 0 aliphatic carbocycles. The van der Waals surface area contributed by atoms with Crippen molar-refractivity contribution in [3.63, 3.8) is 0 Å². The third-order valence-electron chi connectivity index (χ3n) is 2.67. The monoisotopic (exact) mass is 220 g/mol. The quantitative estimate of drug-likeness (QED) is 0.801. The lowest BCUT2D eigenvalue weighted by Gasteiger charge is -2.20. The van der Waals surface area contributed by atoms with Gasteiger partial charge < -0.3 is 9.73 Å². The number of furan rings is 1. The number of nitrogens with zero attached hydrogens (tertiary/aromatic N) is 1. The van der Waals surface area contributed by atoms with Gasteiger partial charge in [0.05, 0.1) is 6.26 Å². The minimum atomic E-state index is 0.155. The molecule has 3 rings (SSSR count). The molecule has 0 aromatic carbocycles. The van der Waals surface area contributed by atoms with Crippen molar-refractivity contribution in [2.75, 3.05) is 6.54 Å². The summed E-state index contributed by atoms with van der Waals surface area (Å²) in [7, 11) is 0. The van der Waals surface area contributed by atoms with Crippen molar-refractivity contribution in [1.29, 1.82) is 0 Å². The fourth-order valence-electron chi connectivity index (χ4n) is 1.96. The van der Waals surface area contributed by atoms with Gasteiger partial charge in [-0.3, -0.25) is 0 Å². The fourth-order valence-corrected chi connectivity index (χ4v) is 2.82. The molecule has 0 fully saturated rings. The van der Waals surface area contributed by atoms with Gasteiger partial charge in [-0.1, -0.05) is 0 Å². The summed E-state index contributed by atoms with van der Waals surface area (Å²) in [4.78, 5) is 4.51. The van der Waals surface area contributed by atoms with Gasteiger partial charge in [-0.2, -0.15) is 0 Å². The van der Waals surface area contributed by atoms with Crippen LogP contribution in [-0.2, 0) is 6.42 Å². The number of aryl methyl sites for hydroxylation is 1. The lowest BCUT2D eigenvalue weighted by Crippen LogP contribution is -2.29. The van der Waals surface area contributed by atoms with Crippen molar-refractivity contribution in [3.05, 3.63) is 39.7 Å². The van der Waals surface area contributed by atoms with Gasteiger partial charge in [0, 0.05) is 17.6 Å². The molecule has 1 aliphatic rings. The predicted molar refractivity (Wildman–Crippen MR) is 59.1 cm³/mol. The highest BCUT2D eigenvalue weighted by Crippen LogP contribution is 2.30. The first-order valence-corrected chi connectivity index (χ1v) is 5.94. The van der Waals surface area contributed by atoms with E-state index in [0.29, 0.717) is 0 Å². The molecule has 4 heteroatoms. The lowest BCUT2D eigenvalue weighted by atomic mass is 10.0. The van der Waals surface area contributed by atoms with E-state index in [0.717, 1.165) is 29.4 Å². The van der Waals surface area contributed by atoms with Crippen molar-refractivity contribution in [2.24, 2.45) is 0 Å². The van der Waals surface area contributed by atoms with E-state index in [2.05, 4.69) is 21.7 Å². The zero-order valence-corrected chi connectivity index (χ0v) is 9.30. The Bertz CT molecular complexity index is 474. The second kappa shape index (κ2) is 3.47. The van der Waals surface area contributed by atoms with Crippen molar-refractivity contribution in [1.82, 2.24) is 10.3 Å². The highest BCUT2D eigenvalue weighted by molar-refractivity contribution is 7.09. The molecule has 3 nitrogen and oxygen atoms in total. The molecule has 0 amide bonds. The number of fused-ring (bicyclic) bond motifs is 1.